The fourth-order valence-corrected chi connectivity index (χ4v) is 1.51. The van der Waals surface area contributed by atoms with Gasteiger partial charge < -0.3 is 15.0 Å². The van der Waals surface area contributed by atoms with Crippen LogP contribution in [-0.2, 0) is 0 Å². The summed E-state index contributed by atoms with van der Waals surface area (Å²) in [5.74, 6) is 0.757. The summed E-state index contributed by atoms with van der Waals surface area (Å²) in [7, 11) is 5.58. The van der Waals surface area contributed by atoms with Crippen LogP contribution >= 0.6 is 0 Å². The molecular weight excluding hydrogens is 216 g/mol. The van der Waals surface area contributed by atoms with Crippen molar-refractivity contribution in [3.05, 3.63) is 29.3 Å². The molecule has 1 amide bonds. The summed E-state index contributed by atoms with van der Waals surface area (Å²) in [4.78, 5) is 13.8. The maximum atomic E-state index is 11.8. The molecule has 0 saturated carbocycles. The third kappa shape index (κ3) is 4.07. The van der Waals surface area contributed by atoms with Gasteiger partial charge >= 0.3 is 0 Å². The average Bonchev–Trinajstić information content (AvgIpc) is 2.28. The Kier molecular flexibility index (Phi) is 4.97. The molecule has 0 unspecified atom stereocenters. The lowest BCUT2D eigenvalue weighted by atomic mass is 10.1. The highest BCUT2D eigenvalue weighted by Gasteiger charge is 2.07. The van der Waals surface area contributed by atoms with E-state index in [0.717, 1.165) is 17.9 Å². The molecule has 0 radical (unpaired) electrons. The SMILES string of the molecule is COc1ccc(C(=O)NCCN(C)C)cc1C. The minimum atomic E-state index is -0.0439. The van der Waals surface area contributed by atoms with Gasteiger partial charge in [0, 0.05) is 18.7 Å². The number of hydrogen-bond donors (Lipinski definition) is 1. The first-order chi connectivity index (χ1) is 8.04. The molecule has 1 aromatic rings. The van der Waals surface area contributed by atoms with E-state index in [0.29, 0.717) is 12.1 Å². The molecular formula is C13H20N2O2. The topological polar surface area (TPSA) is 41.6 Å². The van der Waals surface area contributed by atoms with Crippen LogP contribution in [0.25, 0.3) is 0 Å². The van der Waals surface area contributed by atoms with E-state index in [9.17, 15) is 4.79 Å². The third-order valence-electron chi connectivity index (χ3n) is 2.50. The van der Waals surface area contributed by atoms with E-state index < -0.39 is 0 Å². The van der Waals surface area contributed by atoms with E-state index in [1.54, 1.807) is 13.2 Å². The quantitative estimate of drug-likeness (QED) is 0.837. The van der Waals surface area contributed by atoms with Crippen LogP contribution in [0.5, 0.6) is 5.75 Å². The van der Waals surface area contributed by atoms with Gasteiger partial charge in [-0.05, 0) is 44.8 Å². The second-order valence-electron chi connectivity index (χ2n) is 4.24. The zero-order chi connectivity index (χ0) is 12.8. The molecule has 0 saturated heterocycles. The molecule has 0 aromatic heterocycles. The molecule has 0 aliphatic carbocycles. The number of nitrogens with zero attached hydrogens (tertiary/aromatic N) is 1. The van der Waals surface area contributed by atoms with Crippen molar-refractivity contribution in [1.29, 1.82) is 0 Å². The standard InChI is InChI=1S/C13H20N2O2/c1-10-9-11(5-6-12(10)17-4)13(16)14-7-8-15(2)3/h5-6,9H,7-8H2,1-4H3,(H,14,16). The van der Waals surface area contributed by atoms with Crippen molar-refractivity contribution in [3.8, 4) is 5.75 Å². The summed E-state index contributed by atoms with van der Waals surface area (Å²) in [5, 5.41) is 2.87. The van der Waals surface area contributed by atoms with Crippen molar-refractivity contribution in [1.82, 2.24) is 10.2 Å². The van der Waals surface area contributed by atoms with Gasteiger partial charge in [-0.15, -0.1) is 0 Å². The summed E-state index contributed by atoms with van der Waals surface area (Å²) in [6, 6.07) is 5.43. The molecule has 0 aliphatic rings. The second kappa shape index (κ2) is 6.25. The van der Waals surface area contributed by atoms with Crippen LogP contribution in [-0.4, -0.2) is 45.1 Å². The number of hydrogen-bond acceptors (Lipinski definition) is 3. The lowest BCUT2D eigenvalue weighted by molar-refractivity contribution is 0.0951. The maximum absolute atomic E-state index is 11.8. The van der Waals surface area contributed by atoms with Gasteiger partial charge in [-0.25, -0.2) is 0 Å². The number of likely N-dealkylation sites (N-methyl/N-ethyl adjacent to an activating group) is 1. The van der Waals surface area contributed by atoms with Gasteiger partial charge in [0.25, 0.3) is 5.91 Å². The van der Waals surface area contributed by atoms with Crippen molar-refractivity contribution in [2.24, 2.45) is 0 Å². The Morgan fingerprint density at radius 3 is 2.65 bits per heavy atom. The van der Waals surface area contributed by atoms with Crippen LogP contribution in [0.2, 0.25) is 0 Å². The highest BCUT2D eigenvalue weighted by molar-refractivity contribution is 5.94. The Hall–Kier alpha value is -1.55. The molecule has 1 N–H and O–H groups in total. The molecule has 0 heterocycles. The molecule has 1 aromatic carbocycles. The van der Waals surface area contributed by atoms with Crippen LogP contribution in [0.1, 0.15) is 15.9 Å². The van der Waals surface area contributed by atoms with Gasteiger partial charge in [0.05, 0.1) is 7.11 Å². The van der Waals surface area contributed by atoms with Crippen LogP contribution in [0.4, 0.5) is 0 Å². The number of ether oxygens (including phenoxy) is 1. The molecule has 94 valence electrons. The number of methoxy groups -OCH3 is 1. The molecule has 0 fully saturated rings. The van der Waals surface area contributed by atoms with Crippen molar-refractivity contribution in [2.75, 3.05) is 34.3 Å². The predicted molar refractivity (Wildman–Crippen MR) is 68.6 cm³/mol. The van der Waals surface area contributed by atoms with Crippen LogP contribution in [0, 0.1) is 6.92 Å². The molecule has 4 nitrogen and oxygen atoms in total. The lowest BCUT2D eigenvalue weighted by Crippen LogP contribution is -2.31. The predicted octanol–water partition coefficient (Wildman–Crippen LogP) is 1.30. The molecule has 0 atom stereocenters. The normalized spacial score (nSPS) is 10.4. The van der Waals surface area contributed by atoms with Crippen molar-refractivity contribution >= 4 is 5.91 Å². The highest BCUT2D eigenvalue weighted by atomic mass is 16.5. The number of amides is 1. The smallest absolute Gasteiger partial charge is 0.251 e. The fourth-order valence-electron chi connectivity index (χ4n) is 1.51. The summed E-state index contributed by atoms with van der Waals surface area (Å²) < 4.78 is 5.15. The Labute approximate surface area is 103 Å². The zero-order valence-electron chi connectivity index (χ0n) is 10.9. The molecule has 0 spiro atoms. The Balaban J connectivity index is 2.60. The summed E-state index contributed by atoms with van der Waals surface area (Å²) in [5.41, 5.74) is 1.63. The van der Waals surface area contributed by atoms with Gasteiger partial charge in [-0.2, -0.15) is 0 Å². The zero-order valence-corrected chi connectivity index (χ0v) is 10.9. The monoisotopic (exact) mass is 236 g/mol. The average molecular weight is 236 g/mol. The number of benzene rings is 1. The number of rotatable bonds is 5. The molecule has 4 heteroatoms. The number of nitrogens with one attached hydrogen (secondary N) is 1. The van der Waals surface area contributed by atoms with Crippen LogP contribution < -0.4 is 10.1 Å². The number of carbonyl (C=O) groups excluding carboxylic acids is 1. The minimum Gasteiger partial charge on any atom is -0.496 e. The first-order valence-electron chi connectivity index (χ1n) is 5.62. The van der Waals surface area contributed by atoms with E-state index >= 15 is 0 Å². The molecule has 1 rings (SSSR count). The van der Waals surface area contributed by atoms with E-state index in [-0.39, 0.29) is 5.91 Å². The minimum absolute atomic E-state index is 0.0439. The lowest BCUT2D eigenvalue weighted by Gasteiger charge is -2.11. The summed E-state index contributed by atoms with van der Waals surface area (Å²) in [6.45, 7) is 3.41. The van der Waals surface area contributed by atoms with Gasteiger partial charge in [0.2, 0.25) is 0 Å². The van der Waals surface area contributed by atoms with Crippen molar-refractivity contribution < 1.29 is 9.53 Å². The van der Waals surface area contributed by atoms with Gasteiger partial charge in [0.15, 0.2) is 0 Å². The maximum Gasteiger partial charge on any atom is 0.251 e. The Morgan fingerprint density at radius 1 is 1.41 bits per heavy atom. The Bertz CT molecular complexity index is 389. The van der Waals surface area contributed by atoms with Gasteiger partial charge in [-0.3, -0.25) is 4.79 Å². The number of carbonyl (C=O) groups is 1. The Morgan fingerprint density at radius 2 is 2.12 bits per heavy atom. The summed E-state index contributed by atoms with van der Waals surface area (Å²) >= 11 is 0. The fraction of sp³-hybridized carbons (Fsp3) is 0.462. The first-order valence-corrected chi connectivity index (χ1v) is 5.62. The van der Waals surface area contributed by atoms with E-state index in [2.05, 4.69) is 5.32 Å². The van der Waals surface area contributed by atoms with Crippen LogP contribution in [0.3, 0.4) is 0 Å². The summed E-state index contributed by atoms with van der Waals surface area (Å²) in [6.07, 6.45) is 0. The van der Waals surface area contributed by atoms with Gasteiger partial charge in [-0.1, -0.05) is 0 Å². The van der Waals surface area contributed by atoms with Gasteiger partial charge in [0.1, 0.15) is 5.75 Å². The molecule has 0 bridgehead atoms. The molecule has 0 aliphatic heterocycles. The number of aryl methyl sites for hydroxylation is 1. The van der Waals surface area contributed by atoms with Crippen LogP contribution in [0.15, 0.2) is 18.2 Å². The van der Waals surface area contributed by atoms with Crippen molar-refractivity contribution in [2.45, 2.75) is 6.92 Å². The molecule has 17 heavy (non-hydrogen) atoms. The van der Waals surface area contributed by atoms with E-state index in [1.807, 2.05) is 38.1 Å². The van der Waals surface area contributed by atoms with Crippen molar-refractivity contribution in [3.63, 3.8) is 0 Å². The van der Waals surface area contributed by atoms with E-state index in [1.165, 1.54) is 0 Å². The second-order valence-corrected chi connectivity index (χ2v) is 4.24. The van der Waals surface area contributed by atoms with E-state index in [4.69, 9.17) is 4.74 Å². The first kappa shape index (κ1) is 13.5. The largest absolute Gasteiger partial charge is 0.496 e. The third-order valence-corrected chi connectivity index (χ3v) is 2.50. The highest BCUT2D eigenvalue weighted by Crippen LogP contribution is 2.18.